The van der Waals surface area contributed by atoms with Crippen molar-refractivity contribution in [1.82, 2.24) is 0 Å². The molecule has 0 fully saturated rings. The number of rotatable bonds is 5. The largest absolute Gasteiger partial charge is 0.463 e. The number of methoxy groups -OCH3 is 1. The summed E-state index contributed by atoms with van der Waals surface area (Å²) in [6.07, 6.45) is 0. The molecule has 2 rings (SSSR count). The van der Waals surface area contributed by atoms with Gasteiger partial charge in [-0.25, -0.2) is 4.79 Å². The van der Waals surface area contributed by atoms with Crippen LogP contribution in [-0.2, 0) is 4.74 Å². The maximum absolute atomic E-state index is 11.3. The summed E-state index contributed by atoms with van der Waals surface area (Å²) in [5.41, 5.74) is 0.0501. The molecule has 0 saturated carbocycles. The van der Waals surface area contributed by atoms with Gasteiger partial charge in [0.05, 0.1) is 22.2 Å². The van der Waals surface area contributed by atoms with E-state index in [9.17, 15) is 14.9 Å². The summed E-state index contributed by atoms with van der Waals surface area (Å²) in [6.45, 7) is 1.85. The van der Waals surface area contributed by atoms with Crippen LogP contribution >= 0.6 is 11.8 Å². The van der Waals surface area contributed by atoms with E-state index in [-0.39, 0.29) is 16.7 Å². The molecule has 7 heteroatoms. The molecule has 6 nitrogen and oxygen atoms in total. The van der Waals surface area contributed by atoms with Crippen molar-refractivity contribution in [3.8, 4) is 0 Å². The summed E-state index contributed by atoms with van der Waals surface area (Å²) in [5.74, 6) is 0.116. The van der Waals surface area contributed by atoms with Gasteiger partial charge in [-0.2, -0.15) is 0 Å². The van der Waals surface area contributed by atoms with Gasteiger partial charge in [0.15, 0.2) is 0 Å². The maximum atomic E-state index is 11.3. The number of thioether (sulfide) groups is 1. The first-order valence-corrected chi connectivity index (χ1v) is 6.99. The second-order valence-corrected chi connectivity index (χ2v) is 5.56. The molecular formula is C14H13NO5S. The van der Waals surface area contributed by atoms with Crippen molar-refractivity contribution in [2.24, 2.45) is 0 Å². The number of esters is 1. The van der Waals surface area contributed by atoms with Gasteiger partial charge >= 0.3 is 5.97 Å². The smallest absolute Gasteiger partial charge is 0.373 e. The molecular weight excluding hydrogens is 294 g/mol. The van der Waals surface area contributed by atoms with Crippen molar-refractivity contribution in [3.05, 3.63) is 58.0 Å². The van der Waals surface area contributed by atoms with Crippen molar-refractivity contribution in [1.29, 1.82) is 0 Å². The molecule has 1 heterocycles. The summed E-state index contributed by atoms with van der Waals surface area (Å²) in [5, 5.41) is 10.8. The Kier molecular flexibility index (Phi) is 4.64. The molecule has 0 aliphatic heterocycles. The Morgan fingerprint density at radius 3 is 2.71 bits per heavy atom. The second-order valence-electron chi connectivity index (χ2n) is 4.18. The number of nitro groups is 1. The third-order valence-corrected chi connectivity index (χ3v) is 3.96. The highest BCUT2D eigenvalue weighted by Gasteiger charge is 2.20. The minimum absolute atomic E-state index is 0.0501. The van der Waals surface area contributed by atoms with Gasteiger partial charge in [0.25, 0.3) is 5.69 Å². The SMILES string of the molecule is COC(=O)c1ccc(C(C)Sc2ccccc2[N+](=O)[O-])o1. The number of benzene rings is 1. The van der Waals surface area contributed by atoms with Crippen LogP contribution in [0.5, 0.6) is 0 Å². The molecule has 2 aromatic rings. The van der Waals surface area contributed by atoms with Crippen LogP contribution in [0.2, 0.25) is 0 Å². The lowest BCUT2D eigenvalue weighted by Crippen LogP contribution is -1.98. The normalized spacial score (nSPS) is 11.9. The standard InChI is InChI=1S/C14H13NO5S/c1-9(11-7-8-12(20-11)14(16)19-2)21-13-6-4-3-5-10(13)15(17)18/h3-9H,1-2H3. The lowest BCUT2D eigenvalue weighted by Gasteiger charge is -2.08. The molecule has 0 amide bonds. The Labute approximate surface area is 125 Å². The highest BCUT2D eigenvalue weighted by atomic mass is 32.2. The van der Waals surface area contributed by atoms with Crippen LogP contribution in [0.3, 0.4) is 0 Å². The van der Waals surface area contributed by atoms with Crippen molar-refractivity contribution < 1.29 is 18.9 Å². The highest BCUT2D eigenvalue weighted by Crippen LogP contribution is 2.39. The number of nitro benzene ring substituents is 1. The van der Waals surface area contributed by atoms with E-state index in [4.69, 9.17) is 4.42 Å². The van der Waals surface area contributed by atoms with Gasteiger partial charge in [-0.3, -0.25) is 10.1 Å². The predicted octanol–water partition coefficient (Wildman–Crippen LogP) is 3.83. The van der Waals surface area contributed by atoms with Gasteiger partial charge < -0.3 is 9.15 Å². The first-order valence-electron chi connectivity index (χ1n) is 6.11. The predicted molar refractivity (Wildman–Crippen MR) is 77.4 cm³/mol. The Bertz CT molecular complexity index is 667. The van der Waals surface area contributed by atoms with Crippen LogP contribution in [0.25, 0.3) is 0 Å². The number of hydrogen-bond acceptors (Lipinski definition) is 6. The summed E-state index contributed by atoms with van der Waals surface area (Å²) in [6, 6.07) is 9.69. The summed E-state index contributed by atoms with van der Waals surface area (Å²) in [4.78, 5) is 22.4. The van der Waals surface area contributed by atoms with Crippen LogP contribution in [0.4, 0.5) is 5.69 Å². The highest BCUT2D eigenvalue weighted by molar-refractivity contribution is 7.99. The number of hydrogen-bond donors (Lipinski definition) is 0. The van der Waals surface area contributed by atoms with E-state index in [1.165, 1.54) is 31.0 Å². The van der Waals surface area contributed by atoms with Gasteiger partial charge in [-0.1, -0.05) is 12.1 Å². The summed E-state index contributed by atoms with van der Waals surface area (Å²) in [7, 11) is 1.27. The fraction of sp³-hybridized carbons (Fsp3) is 0.214. The fourth-order valence-corrected chi connectivity index (χ4v) is 2.78. The molecule has 0 radical (unpaired) electrons. The maximum Gasteiger partial charge on any atom is 0.373 e. The van der Waals surface area contributed by atoms with E-state index in [1.807, 2.05) is 6.92 Å². The molecule has 0 spiro atoms. The van der Waals surface area contributed by atoms with Gasteiger partial charge in [0, 0.05) is 6.07 Å². The molecule has 1 atom stereocenters. The van der Waals surface area contributed by atoms with E-state index in [0.717, 1.165) is 0 Å². The Balaban J connectivity index is 2.18. The van der Waals surface area contributed by atoms with E-state index in [0.29, 0.717) is 10.7 Å². The van der Waals surface area contributed by atoms with Crippen LogP contribution in [0.15, 0.2) is 45.7 Å². The van der Waals surface area contributed by atoms with Crippen molar-refractivity contribution in [3.63, 3.8) is 0 Å². The third kappa shape index (κ3) is 3.43. The van der Waals surface area contributed by atoms with Crippen molar-refractivity contribution >= 4 is 23.4 Å². The fourth-order valence-electron chi connectivity index (χ4n) is 1.74. The zero-order chi connectivity index (χ0) is 15.4. The molecule has 0 saturated heterocycles. The molecule has 0 aliphatic carbocycles. The second kappa shape index (κ2) is 6.45. The molecule has 110 valence electrons. The van der Waals surface area contributed by atoms with E-state index in [2.05, 4.69) is 4.74 Å². The zero-order valence-electron chi connectivity index (χ0n) is 11.4. The van der Waals surface area contributed by atoms with Crippen molar-refractivity contribution in [2.45, 2.75) is 17.1 Å². The van der Waals surface area contributed by atoms with Crippen LogP contribution in [0.1, 0.15) is 28.5 Å². The molecule has 0 N–H and O–H groups in total. The van der Waals surface area contributed by atoms with Crippen LogP contribution < -0.4 is 0 Å². The van der Waals surface area contributed by atoms with Gasteiger partial charge in [0.1, 0.15) is 5.76 Å². The van der Waals surface area contributed by atoms with Gasteiger partial charge in [0.2, 0.25) is 5.76 Å². The van der Waals surface area contributed by atoms with Gasteiger partial charge in [-0.05, 0) is 25.1 Å². The first-order chi connectivity index (χ1) is 10.0. The quantitative estimate of drug-likeness (QED) is 0.361. The molecule has 1 unspecified atom stereocenters. The lowest BCUT2D eigenvalue weighted by atomic mass is 10.3. The third-order valence-electron chi connectivity index (χ3n) is 2.78. The van der Waals surface area contributed by atoms with E-state index < -0.39 is 10.9 Å². The molecule has 0 bridgehead atoms. The number of nitrogens with zero attached hydrogens (tertiary/aromatic N) is 1. The lowest BCUT2D eigenvalue weighted by molar-refractivity contribution is -0.387. The van der Waals surface area contributed by atoms with Crippen LogP contribution in [-0.4, -0.2) is 18.0 Å². The molecule has 21 heavy (non-hydrogen) atoms. The Morgan fingerprint density at radius 2 is 2.05 bits per heavy atom. The Hall–Kier alpha value is -2.28. The minimum Gasteiger partial charge on any atom is -0.463 e. The molecule has 1 aromatic heterocycles. The van der Waals surface area contributed by atoms with E-state index >= 15 is 0 Å². The molecule has 0 aliphatic rings. The number of furan rings is 1. The summed E-state index contributed by atoms with van der Waals surface area (Å²) >= 11 is 1.30. The summed E-state index contributed by atoms with van der Waals surface area (Å²) < 4.78 is 9.97. The average molecular weight is 307 g/mol. The number of carbonyl (C=O) groups is 1. The minimum atomic E-state index is -0.552. The van der Waals surface area contributed by atoms with Gasteiger partial charge in [-0.15, -0.1) is 11.8 Å². The average Bonchev–Trinajstić information content (AvgIpc) is 2.96. The zero-order valence-corrected chi connectivity index (χ0v) is 12.3. The topological polar surface area (TPSA) is 82.6 Å². The number of carbonyl (C=O) groups excluding carboxylic acids is 1. The molecule has 1 aromatic carbocycles. The Morgan fingerprint density at radius 1 is 1.33 bits per heavy atom. The monoisotopic (exact) mass is 307 g/mol. The van der Waals surface area contributed by atoms with E-state index in [1.54, 1.807) is 24.3 Å². The van der Waals surface area contributed by atoms with Crippen molar-refractivity contribution in [2.75, 3.05) is 7.11 Å². The first kappa shape index (κ1) is 15.1. The number of ether oxygens (including phenoxy) is 1. The number of para-hydroxylation sites is 1. The van der Waals surface area contributed by atoms with Crippen LogP contribution in [0, 0.1) is 10.1 Å².